The summed E-state index contributed by atoms with van der Waals surface area (Å²) >= 11 is 3.39. The minimum absolute atomic E-state index is 0.131. The fourth-order valence-electron chi connectivity index (χ4n) is 3.01. The van der Waals surface area contributed by atoms with Gasteiger partial charge in [-0.1, -0.05) is 18.2 Å². The van der Waals surface area contributed by atoms with E-state index in [0.717, 1.165) is 28.6 Å². The van der Waals surface area contributed by atoms with Crippen molar-refractivity contribution in [1.29, 1.82) is 0 Å². The molecule has 0 atom stereocenters. The van der Waals surface area contributed by atoms with Crippen molar-refractivity contribution in [3.63, 3.8) is 0 Å². The molecular formula is C21H21BrN2O4. The molecule has 6 nitrogen and oxygen atoms in total. The Balaban J connectivity index is 1.55. The van der Waals surface area contributed by atoms with Crippen molar-refractivity contribution >= 4 is 39.4 Å². The summed E-state index contributed by atoms with van der Waals surface area (Å²) in [6, 6.07) is 12.5. The molecule has 1 heterocycles. The van der Waals surface area contributed by atoms with Crippen molar-refractivity contribution in [2.75, 3.05) is 18.5 Å². The van der Waals surface area contributed by atoms with Crippen LogP contribution >= 0.6 is 15.9 Å². The van der Waals surface area contributed by atoms with Gasteiger partial charge in [0, 0.05) is 24.0 Å². The van der Waals surface area contributed by atoms with E-state index in [4.69, 9.17) is 4.74 Å². The maximum absolute atomic E-state index is 12.3. The monoisotopic (exact) mass is 444 g/mol. The van der Waals surface area contributed by atoms with Crippen LogP contribution in [0.5, 0.6) is 0 Å². The lowest BCUT2D eigenvalue weighted by Gasteiger charge is -2.15. The van der Waals surface area contributed by atoms with E-state index in [1.165, 1.54) is 0 Å². The molecule has 1 N–H and O–H groups in total. The minimum Gasteiger partial charge on any atom is -0.452 e. The predicted molar refractivity (Wildman–Crippen MR) is 109 cm³/mol. The Morgan fingerprint density at radius 1 is 1.21 bits per heavy atom. The number of anilines is 1. The Hall–Kier alpha value is -2.67. The zero-order chi connectivity index (χ0) is 20.1. The van der Waals surface area contributed by atoms with E-state index in [2.05, 4.69) is 21.2 Å². The van der Waals surface area contributed by atoms with Crippen molar-refractivity contribution in [3.8, 4) is 0 Å². The van der Waals surface area contributed by atoms with Crippen molar-refractivity contribution in [3.05, 3.63) is 63.6 Å². The SMILES string of the molecule is Cc1ccc(NC(=O)COC(=O)c2cccc(CN3CCCC3=O)c2)c(Br)c1. The van der Waals surface area contributed by atoms with Crippen LogP contribution in [0.25, 0.3) is 0 Å². The number of amides is 2. The normalized spacial score (nSPS) is 13.5. The van der Waals surface area contributed by atoms with Crippen molar-refractivity contribution in [2.24, 2.45) is 0 Å². The number of aryl methyl sites for hydroxylation is 1. The smallest absolute Gasteiger partial charge is 0.338 e. The average molecular weight is 445 g/mol. The number of halogens is 1. The van der Waals surface area contributed by atoms with Gasteiger partial charge in [-0.25, -0.2) is 4.79 Å². The molecule has 1 aliphatic heterocycles. The molecule has 0 spiro atoms. The van der Waals surface area contributed by atoms with Crippen LogP contribution < -0.4 is 5.32 Å². The van der Waals surface area contributed by atoms with Gasteiger partial charge in [0.2, 0.25) is 5.91 Å². The molecule has 28 heavy (non-hydrogen) atoms. The maximum atomic E-state index is 12.3. The van der Waals surface area contributed by atoms with E-state index in [0.29, 0.717) is 24.2 Å². The zero-order valence-electron chi connectivity index (χ0n) is 15.5. The van der Waals surface area contributed by atoms with Gasteiger partial charge in [0.1, 0.15) is 0 Å². The molecule has 1 fully saturated rings. The number of carbonyl (C=O) groups is 3. The topological polar surface area (TPSA) is 75.7 Å². The number of nitrogens with one attached hydrogen (secondary N) is 1. The van der Waals surface area contributed by atoms with Crippen LogP contribution in [-0.2, 0) is 20.9 Å². The number of ether oxygens (including phenoxy) is 1. The Morgan fingerprint density at radius 3 is 2.75 bits per heavy atom. The molecule has 0 bridgehead atoms. The molecule has 3 rings (SSSR count). The van der Waals surface area contributed by atoms with Gasteiger partial charge >= 0.3 is 5.97 Å². The van der Waals surface area contributed by atoms with Gasteiger partial charge < -0.3 is 15.0 Å². The molecule has 1 aliphatic rings. The highest BCUT2D eigenvalue weighted by Crippen LogP contribution is 2.23. The summed E-state index contributed by atoms with van der Waals surface area (Å²) in [7, 11) is 0. The Kier molecular flexibility index (Phi) is 6.46. The number of hydrogen-bond acceptors (Lipinski definition) is 4. The number of carbonyl (C=O) groups excluding carboxylic acids is 3. The lowest BCUT2D eigenvalue weighted by molar-refractivity contribution is -0.128. The highest BCUT2D eigenvalue weighted by molar-refractivity contribution is 9.10. The third-order valence-corrected chi connectivity index (χ3v) is 5.10. The first-order chi connectivity index (χ1) is 13.4. The minimum atomic E-state index is -0.576. The maximum Gasteiger partial charge on any atom is 0.338 e. The van der Waals surface area contributed by atoms with Crippen LogP contribution in [0.4, 0.5) is 5.69 Å². The van der Waals surface area contributed by atoms with Crippen LogP contribution in [0.2, 0.25) is 0 Å². The van der Waals surface area contributed by atoms with Crippen LogP contribution in [-0.4, -0.2) is 35.8 Å². The summed E-state index contributed by atoms with van der Waals surface area (Å²) in [5.74, 6) is -0.864. The van der Waals surface area contributed by atoms with E-state index < -0.39 is 11.9 Å². The summed E-state index contributed by atoms with van der Waals surface area (Å²) < 4.78 is 5.89. The molecular weight excluding hydrogens is 424 g/mol. The lowest BCUT2D eigenvalue weighted by Crippen LogP contribution is -2.24. The first-order valence-electron chi connectivity index (χ1n) is 9.02. The fourth-order valence-corrected chi connectivity index (χ4v) is 3.60. The standard InChI is InChI=1S/C21H21BrN2O4/c1-14-7-8-18(17(22)10-14)23-19(25)13-28-21(27)16-5-2-4-15(11-16)12-24-9-3-6-20(24)26/h2,4-5,7-8,10-11H,3,6,9,12-13H2,1H3,(H,23,25). The molecule has 2 aromatic carbocycles. The van der Waals surface area contributed by atoms with E-state index in [9.17, 15) is 14.4 Å². The van der Waals surface area contributed by atoms with Crippen LogP contribution in [0.3, 0.4) is 0 Å². The molecule has 2 aromatic rings. The van der Waals surface area contributed by atoms with Crippen molar-refractivity contribution < 1.29 is 19.1 Å². The summed E-state index contributed by atoms with van der Waals surface area (Å²) in [6.45, 7) is 2.78. The van der Waals surface area contributed by atoms with Gasteiger partial charge in [-0.2, -0.15) is 0 Å². The molecule has 0 saturated carbocycles. The number of hydrogen-bond donors (Lipinski definition) is 1. The molecule has 0 radical (unpaired) electrons. The van der Waals surface area contributed by atoms with Gasteiger partial charge in [-0.05, 0) is 64.7 Å². The summed E-state index contributed by atoms with van der Waals surface area (Å²) in [5.41, 5.74) is 2.89. The summed E-state index contributed by atoms with van der Waals surface area (Å²) in [4.78, 5) is 37.9. The molecule has 1 saturated heterocycles. The Labute approximate surface area is 172 Å². The van der Waals surface area contributed by atoms with Gasteiger partial charge in [-0.3, -0.25) is 9.59 Å². The second kappa shape index (κ2) is 9.01. The van der Waals surface area contributed by atoms with Crippen molar-refractivity contribution in [2.45, 2.75) is 26.3 Å². The molecule has 0 unspecified atom stereocenters. The van der Waals surface area contributed by atoms with E-state index in [-0.39, 0.29) is 12.5 Å². The van der Waals surface area contributed by atoms with Gasteiger partial charge in [0.05, 0.1) is 11.3 Å². The zero-order valence-corrected chi connectivity index (χ0v) is 17.1. The highest BCUT2D eigenvalue weighted by atomic mass is 79.9. The van der Waals surface area contributed by atoms with Gasteiger partial charge in [-0.15, -0.1) is 0 Å². The van der Waals surface area contributed by atoms with E-state index >= 15 is 0 Å². The van der Waals surface area contributed by atoms with Gasteiger partial charge in [0.15, 0.2) is 6.61 Å². The first-order valence-corrected chi connectivity index (χ1v) is 9.81. The molecule has 0 aliphatic carbocycles. The quantitative estimate of drug-likeness (QED) is 0.689. The first kappa shape index (κ1) is 20.1. The van der Waals surface area contributed by atoms with E-state index in [1.54, 1.807) is 29.2 Å². The molecule has 0 aromatic heterocycles. The molecule has 2 amide bonds. The largest absolute Gasteiger partial charge is 0.452 e. The lowest BCUT2D eigenvalue weighted by atomic mass is 10.1. The molecule has 146 valence electrons. The summed E-state index contributed by atoms with van der Waals surface area (Å²) in [5, 5.41) is 2.70. The second-order valence-corrected chi connectivity index (χ2v) is 7.58. The number of nitrogens with zero attached hydrogens (tertiary/aromatic N) is 1. The Bertz CT molecular complexity index is 913. The number of benzene rings is 2. The van der Waals surface area contributed by atoms with Crippen LogP contribution in [0.1, 0.15) is 34.3 Å². The average Bonchev–Trinajstić information content (AvgIpc) is 3.07. The number of likely N-dealkylation sites (tertiary alicyclic amines) is 1. The van der Waals surface area contributed by atoms with E-state index in [1.807, 2.05) is 25.1 Å². The number of esters is 1. The van der Waals surface area contributed by atoms with Crippen molar-refractivity contribution in [1.82, 2.24) is 4.90 Å². The second-order valence-electron chi connectivity index (χ2n) is 6.73. The fraction of sp³-hybridized carbons (Fsp3) is 0.286. The molecule has 7 heteroatoms. The van der Waals surface area contributed by atoms with Crippen LogP contribution in [0.15, 0.2) is 46.9 Å². The highest BCUT2D eigenvalue weighted by Gasteiger charge is 2.20. The summed E-state index contributed by atoms with van der Waals surface area (Å²) in [6.07, 6.45) is 1.45. The predicted octanol–water partition coefficient (Wildman–Crippen LogP) is 3.68. The third-order valence-electron chi connectivity index (χ3n) is 4.44. The Morgan fingerprint density at radius 2 is 2.04 bits per heavy atom. The van der Waals surface area contributed by atoms with Gasteiger partial charge in [0.25, 0.3) is 5.91 Å². The van der Waals surface area contributed by atoms with Crippen LogP contribution in [0, 0.1) is 6.92 Å². The third kappa shape index (κ3) is 5.19. The number of rotatable bonds is 6.